The number of benzene rings is 1. The van der Waals surface area contributed by atoms with Crippen molar-refractivity contribution in [2.24, 2.45) is 7.05 Å². The van der Waals surface area contributed by atoms with Crippen LogP contribution < -0.4 is 10.6 Å². The fourth-order valence-corrected chi connectivity index (χ4v) is 4.33. The lowest BCUT2D eigenvalue weighted by atomic mass is 9.79. The summed E-state index contributed by atoms with van der Waals surface area (Å²) in [5, 5.41) is 18.6. The molecule has 26 heavy (non-hydrogen) atoms. The summed E-state index contributed by atoms with van der Waals surface area (Å²) in [7, 11) is 2.02. The Morgan fingerprint density at radius 3 is 2.92 bits per heavy atom. The van der Waals surface area contributed by atoms with Crippen LogP contribution in [0.2, 0.25) is 0 Å². The summed E-state index contributed by atoms with van der Waals surface area (Å²) in [6.45, 7) is 3.06. The van der Waals surface area contributed by atoms with Gasteiger partial charge < -0.3 is 15.2 Å². The fraction of sp³-hybridized carbons (Fsp3) is 0.421. The number of rotatable bonds is 6. The number of nitrogens with one attached hydrogen (secondary N) is 2. The van der Waals surface area contributed by atoms with Gasteiger partial charge in [-0.2, -0.15) is 0 Å². The van der Waals surface area contributed by atoms with Crippen LogP contribution in [-0.2, 0) is 24.9 Å². The molecular weight excluding hydrogens is 346 g/mol. The highest BCUT2D eigenvalue weighted by Gasteiger charge is 2.34. The van der Waals surface area contributed by atoms with Crippen LogP contribution in [0.4, 0.5) is 0 Å². The van der Waals surface area contributed by atoms with E-state index < -0.39 is 0 Å². The minimum atomic E-state index is 0.0388. The predicted molar refractivity (Wildman–Crippen MR) is 103 cm³/mol. The molecular formula is C19H23N5OS. The number of nitrogens with zero attached hydrogens (tertiary/aromatic N) is 3. The molecule has 3 aromatic rings. The first-order valence-corrected chi connectivity index (χ1v) is 9.80. The first-order chi connectivity index (χ1) is 12.6. The molecule has 0 atom stereocenters. The number of aromatic nitrogens is 3. The van der Waals surface area contributed by atoms with Crippen molar-refractivity contribution in [3.8, 4) is 0 Å². The van der Waals surface area contributed by atoms with Crippen LogP contribution in [0.5, 0.6) is 0 Å². The number of carbonyl (C=O) groups is 1. The number of amides is 1. The van der Waals surface area contributed by atoms with Gasteiger partial charge in [0, 0.05) is 37.2 Å². The van der Waals surface area contributed by atoms with E-state index in [2.05, 4.69) is 55.0 Å². The minimum absolute atomic E-state index is 0.0388. The number of fused-ring (bicyclic) bond motifs is 1. The number of hydrogen-bond donors (Lipinski definition) is 2. The van der Waals surface area contributed by atoms with Crippen LogP contribution in [-0.4, -0.2) is 26.7 Å². The maximum absolute atomic E-state index is 11.1. The van der Waals surface area contributed by atoms with Crippen LogP contribution in [0, 0.1) is 0 Å². The van der Waals surface area contributed by atoms with Gasteiger partial charge in [0.1, 0.15) is 11.6 Å². The van der Waals surface area contributed by atoms with Crippen molar-refractivity contribution in [3.05, 3.63) is 46.9 Å². The molecule has 2 aromatic heterocycles. The maximum Gasteiger partial charge on any atom is 0.217 e. The van der Waals surface area contributed by atoms with Crippen molar-refractivity contribution in [2.45, 2.75) is 44.8 Å². The number of carbonyl (C=O) groups excluding carboxylic acids is 1. The van der Waals surface area contributed by atoms with Gasteiger partial charge in [-0.3, -0.25) is 4.79 Å². The molecule has 6 nitrogen and oxygen atoms in total. The molecule has 0 saturated heterocycles. The lowest BCUT2D eigenvalue weighted by molar-refractivity contribution is -0.120. The monoisotopic (exact) mass is 369 g/mol. The molecule has 0 bridgehead atoms. The second-order valence-corrected chi connectivity index (χ2v) is 7.94. The fourth-order valence-electron chi connectivity index (χ4n) is 3.56. The van der Waals surface area contributed by atoms with E-state index in [1.54, 1.807) is 18.3 Å². The van der Waals surface area contributed by atoms with E-state index in [4.69, 9.17) is 0 Å². The minimum Gasteiger partial charge on any atom is -0.354 e. The lowest BCUT2D eigenvalue weighted by Crippen LogP contribution is -2.43. The third-order valence-corrected chi connectivity index (χ3v) is 5.94. The van der Waals surface area contributed by atoms with E-state index in [1.165, 1.54) is 15.6 Å². The summed E-state index contributed by atoms with van der Waals surface area (Å²) < 4.78 is 3.41. The zero-order chi connectivity index (χ0) is 18.1. The Hall–Kier alpha value is -2.25. The summed E-state index contributed by atoms with van der Waals surface area (Å²) >= 11 is 1.77. The quantitative estimate of drug-likeness (QED) is 0.701. The summed E-state index contributed by atoms with van der Waals surface area (Å²) in [4.78, 5) is 11.1. The second-order valence-electron chi connectivity index (χ2n) is 7.00. The van der Waals surface area contributed by atoms with E-state index in [1.807, 2.05) is 7.05 Å². The molecule has 0 unspecified atom stereocenters. The van der Waals surface area contributed by atoms with Gasteiger partial charge in [-0.05, 0) is 47.4 Å². The van der Waals surface area contributed by atoms with Crippen molar-refractivity contribution >= 4 is 27.3 Å². The summed E-state index contributed by atoms with van der Waals surface area (Å²) in [6, 6.07) is 9.02. The average molecular weight is 369 g/mol. The van der Waals surface area contributed by atoms with Gasteiger partial charge in [0.25, 0.3) is 0 Å². The highest BCUT2D eigenvalue weighted by atomic mass is 32.1. The highest BCUT2D eigenvalue weighted by molar-refractivity contribution is 7.17. The topological polar surface area (TPSA) is 71.8 Å². The Kier molecular flexibility index (Phi) is 4.74. The van der Waals surface area contributed by atoms with E-state index in [0.717, 1.165) is 31.0 Å². The van der Waals surface area contributed by atoms with E-state index in [0.29, 0.717) is 12.5 Å². The first kappa shape index (κ1) is 17.2. The van der Waals surface area contributed by atoms with Crippen molar-refractivity contribution < 1.29 is 4.79 Å². The smallest absolute Gasteiger partial charge is 0.217 e. The zero-order valence-corrected chi connectivity index (χ0v) is 15.8. The summed E-state index contributed by atoms with van der Waals surface area (Å²) in [5.74, 6) is 2.39. The summed E-state index contributed by atoms with van der Waals surface area (Å²) in [5.41, 5.74) is 1.27. The van der Waals surface area contributed by atoms with Crippen LogP contribution in [0.3, 0.4) is 0 Å². The van der Waals surface area contributed by atoms with Gasteiger partial charge in [0.05, 0.1) is 6.54 Å². The molecule has 0 spiro atoms. The molecule has 1 amide bonds. The molecule has 1 saturated carbocycles. The molecule has 1 fully saturated rings. The van der Waals surface area contributed by atoms with E-state index in [-0.39, 0.29) is 11.9 Å². The molecule has 1 aliphatic rings. The molecule has 4 rings (SSSR count). The van der Waals surface area contributed by atoms with Crippen LogP contribution in [0.15, 0.2) is 29.6 Å². The lowest BCUT2D eigenvalue weighted by Gasteiger charge is -2.34. The standard InChI is InChI=1S/C19H23N5OS/c1-12(25)21-16-8-15(9-16)19-23-22-18(24(19)2)11-20-10-13-3-4-17-14(7-13)5-6-26-17/h3-7,15-16,20H,8-11H2,1-2H3,(H,21,25). The van der Waals surface area contributed by atoms with Crippen molar-refractivity contribution in [2.75, 3.05) is 0 Å². The Balaban J connectivity index is 1.31. The predicted octanol–water partition coefficient (Wildman–Crippen LogP) is 2.70. The molecule has 0 aliphatic heterocycles. The Morgan fingerprint density at radius 1 is 1.27 bits per heavy atom. The second kappa shape index (κ2) is 7.17. The molecule has 2 N–H and O–H groups in total. The zero-order valence-electron chi connectivity index (χ0n) is 15.0. The molecule has 1 aliphatic carbocycles. The average Bonchev–Trinajstić information content (AvgIpc) is 3.17. The molecule has 7 heteroatoms. The van der Waals surface area contributed by atoms with Crippen molar-refractivity contribution in [1.82, 2.24) is 25.4 Å². The number of thiophene rings is 1. The van der Waals surface area contributed by atoms with Gasteiger partial charge >= 0.3 is 0 Å². The first-order valence-electron chi connectivity index (χ1n) is 8.92. The van der Waals surface area contributed by atoms with Crippen LogP contribution in [0.25, 0.3) is 10.1 Å². The number of hydrogen-bond acceptors (Lipinski definition) is 5. The SMILES string of the molecule is CC(=O)NC1CC(c2nnc(CNCc3ccc4sccc4c3)n2C)C1. The molecule has 0 radical (unpaired) electrons. The maximum atomic E-state index is 11.1. The molecule has 136 valence electrons. The van der Waals surface area contributed by atoms with Crippen LogP contribution in [0.1, 0.15) is 42.9 Å². The van der Waals surface area contributed by atoms with Gasteiger partial charge in [-0.25, -0.2) is 0 Å². The van der Waals surface area contributed by atoms with Gasteiger partial charge in [0.15, 0.2) is 0 Å². The Bertz CT molecular complexity index is 925. The largest absolute Gasteiger partial charge is 0.354 e. The summed E-state index contributed by atoms with van der Waals surface area (Å²) in [6.07, 6.45) is 1.89. The van der Waals surface area contributed by atoms with Crippen LogP contribution >= 0.6 is 11.3 Å². The Labute approximate surface area is 156 Å². The van der Waals surface area contributed by atoms with Crippen molar-refractivity contribution in [1.29, 1.82) is 0 Å². The van der Waals surface area contributed by atoms with E-state index >= 15 is 0 Å². The van der Waals surface area contributed by atoms with Gasteiger partial charge in [-0.15, -0.1) is 21.5 Å². The van der Waals surface area contributed by atoms with Gasteiger partial charge in [-0.1, -0.05) is 6.07 Å². The third-order valence-electron chi connectivity index (χ3n) is 5.04. The Morgan fingerprint density at radius 2 is 2.12 bits per heavy atom. The highest BCUT2D eigenvalue weighted by Crippen LogP contribution is 2.35. The van der Waals surface area contributed by atoms with Gasteiger partial charge in [0.2, 0.25) is 5.91 Å². The molecule has 1 aromatic carbocycles. The van der Waals surface area contributed by atoms with E-state index in [9.17, 15) is 4.79 Å². The van der Waals surface area contributed by atoms with Crippen molar-refractivity contribution in [3.63, 3.8) is 0 Å². The normalized spacial score (nSPS) is 19.5. The third kappa shape index (κ3) is 3.50. The molecule has 2 heterocycles.